The molecule has 480 valence electrons. The van der Waals surface area contributed by atoms with Crippen molar-refractivity contribution in [2.45, 2.75) is 278 Å². The Hall–Kier alpha value is -3.49. The summed E-state index contributed by atoms with van der Waals surface area (Å²) in [5, 5.41) is 82.6. The minimum atomic E-state index is -2.40. The maximum atomic E-state index is 14.5. The maximum absolute atomic E-state index is 14.5. The first-order valence-corrected chi connectivity index (χ1v) is 30.7. The predicted molar refractivity (Wildman–Crippen MR) is 308 cm³/mol. The molecule has 0 radical (unpaired) electrons. The molecule has 0 aromatic heterocycles. The first-order chi connectivity index (χ1) is 39.8. The van der Waals surface area contributed by atoms with Crippen LogP contribution in [-0.4, -0.2) is 187 Å². The first kappa shape index (κ1) is 69.0. The molecule has 0 aliphatic carbocycles. The lowest BCUT2D eigenvalue weighted by Gasteiger charge is -2.52. The number of ether oxygens (including phenoxy) is 10. The van der Waals surface area contributed by atoms with Crippen molar-refractivity contribution in [2.75, 3.05) is 7.11 Å². The molecule has 24 atom stereocenters. The van der Waals surface area contributed by atoms with E-state index in [0.29, 0.717) is 43.3 Å². The third kappa shape index (κ3) is 18.1. The van der Waals surface area contributed by atoms with Gasteiger partial charge in [0.15, 0.2) is 17.4 Å². The number of halogens is 1. The number of esters is 3. The normalized spacial score (nSPS) is 44.1. The Bertz CT molecular complexity index is 2430. The number of allylic oxidation sites excluding steroid dienone is 3. The minimum Gasteiger partial charge on any atom is -0.462 e. The number of carbonyl (C=O) groups excluding carboxylic acids is 4. The quantitative estimate of drug-likeness (QED) is 0.0611. The molecule has 2 unspecified atom stereocenters. The topological polar surface area (TPSA) is 302 Å². The van der Waals surface area contributed by atoms with E-state index in [9.17, 15) is 54.9 Å². The van der Waals surface area contributed by atoms with E-state index < -0.39 is 169 Å². The Morgan fingerprint density at radius 3 is 2.15 bits per heavy atom. The summed E-state index contributed by atoms with van der Waals surface area (Å²) in [6.45, 7) is 23.1. The molecule has 21 nitrogen and oxygen atoms in total. The van der Waals surface area contributed by atoms with E-state index in [1.807, 2.05) is 12.2 Å². The number of aliphatic hydroxyl groups is 7. The lowest BCUT2D eigenvalue weighted by Crippen LogP contribution is -2.65. The molecule has 0 aromatic carbocycles. The van der Waals surface area contributed by atoms with Crippen LogP contribution in [0.4, 0.5) is 0 Å². The van der Waals surface area contributed by atoms with Gasteiger partial charge in [0.2, 0.25) is 0 Å². The number of ketones is 1. The van der Waals surface area contributed by atoms with Crippen LogP contribution in [0.5, 0.6) is 0 Å². The van der Waals surface area contributed by atoms with Crippen molar-refractivity contribution in [3.05, 3.63) is 60.2 Å². The molecule has 6 fully saturated rings. The van der Waals surface area contributed by atoms with Crippen LogP contribution in [0, 0.1) is 23.7 Å². The first-order valence-electron chi connectivity index (χ1n) is 30.3. The van der Waals surface area contributed by atoms with Crippen molar-refractivity contribution in [1.29, 1.82) is 0 Å². The molecule has 22 heteroatoms. The molecule has 7 aliphatic rings. The van der Waals surface area contributed by atoms with E-state index >= 15 is 0 Å². The van der Waals surface area contributed by atoms with Gasteiger partial charge in [0.25, 0.3) is 0 Å². The lowest BCUT2D eigenvalue weighted by molar-refractivity contribution is -0.351. The second-order valence-electron chi connectivity index (χ2n) is 25.9. The molecule has 10 bridgehead atoms. The molecule has 7 aliphatic heterocycles. The number of methoxy groups -OCH3 is 1. The molecular formula is C63H95ClO21. The Morgan fingerprint density at radius 1 is 0.812 bits per heavy atom. The average Bonchev–Trinajstić information content (AvgIpc) is 1.35. The summed E-state index contributed by atoms with van der Waals surface area (Å²) in [6.07, 6.45) is -8.69. The molecular weight excluding hydrogens is 1130 g/mol. The molecule has 0 amide bonds. The number of hydrogen-bond acceptors (Lipinski definition) is 21. The third-order valence-corrected chi connectivity index (χ3v) is 18.4. The summed E-state index contributed by atoms with van der Waals surface area (Å²) in [5.74, 6) is -10.7. The van der Waals surface area contributed by atoms with Crippen LogP contribution in [0.15, 0.2) is 60.2 Å². The number of aliphatic hydroxyl groups excluding tert-OH is 5. The number of Topliss-reactive ketones (excluding diaryl/α,β-unsaturated/α-hetero) is 1. The van der Waals surface area contributed by atoms with E-state index in [0.717, 1.165) is 0 Å². The van der Waals surface area contributed by atoms with Crippen LogP contribution < -0.4 is 0 Å². The highest BCUT2D eigenvalue weighted by Crippen LogP contribution is 2.48. The van der Waals surface area contributed by atoms with E-state index in [1.54, 1.807) is 41.7 Å². The van der Waals surface area contributed by atoms with Crippen LogP contribution >= 0.6 is 11.6 Å². The monoisotopic (exact) mass is 1220 g/mol. The molecule has 7 heterocycles. The molecule has 7 rings (SSSR count). The summed E-state index contributed by atoms with van der Waals surface area (Å²) in [6, 6.07) is 0. The van der Waals surface area contributed by atoms with Gasteiger partial charge in [-0.1, -0.05) is 88.4 Å². The Labute approximate surface area is 505 Å². The van der Waals surface area contributed by atoms with Crippen LogP contribution in [0.3, 0.4) is 0 Å². The van der Waals surface area contributed by atoms with Crippen LogP contribution in [-0.2, 0) is 66.5 Å². The maximum Gasteiger partial charge on any atom is 0.308 e. The standard InChI is InChI=1S/C63H95ClO21/c1-33(19-42(67)18-17-35(3)64)20-53-55(72)57-39(7)58(79-53)59(73)63(75)31-51(70)37(5)52(85-63)16-14-12-13-15-44-22-43(68)27-61(81-44)29-47(76-11)23-45(82-61)25-50(69)38(6)56(78-41(9)66)36(4)34(2)21-49-28-60(10,74)32-62(84-49)30-48(77-40(8)65)24-46(83-62)26-54(71)80-57/h13,15,17-18,36-39,42-49,51-53,55-59,67-68,70,72-75H,1-3,12,14,16,19-32H2,4-11H3/t36?,37-,38-,39-,42?,43+,44+,45+,46-,47+,48+,49+,51+,52-,53-,55-,56+,57-,58-,59+,60+,61-,62-,63-/m1/s1. The molecule has 0 aromatic rings. The van der Waals surface area contributed by atoms with Gasteiger partial charge in [0, 0.05) is 108 Å². The van der Waals surface area contributed by atoms with Crippen LogP contribution in [0.2, 0.25) is 0 Å². The lowest BCUT2D eigenvalue weighted by atomic mass is 9.78. The zero-order chi connectivity index (χ0) is 62.5. The van der Waals surface area contributed by atoms with Crippen molar-refractivity contribution >= 4 is 35.3 Å². The zero-order valence-electron chi connectivity index (χ0n) is 50.7. The Kier molecular flexibility index (Phi) is 23.5. The minimum absolute atomic E-state index is 0.00321. The summed E-state index contributed by atoms with van der Waals surface area (Å²) < 4.78 is 63.4. The highest BCUT2D eigenvalue weighted by Gasteiger charge is 2.58. The fraction of sp³-hybridized carbons (Fsp3) is 0.778. The van der Waals surface area contributed by atoms with Crippen molar-refractivity contribution in [1.82, 2.24) is 0 Å². The van der Waals surface area contributed by atoms with Gasteiger partial charge in [0.1, 0.15) is 36.3 Å². The van der Waals surface area contributed by atoms with Gasteiger partial charge >= 0.3 is 17.9 Å². The highest BCUT2D eigenvalue weighted by molar-refractivity contribution is 6.30. The zero-order valence-corrected chi connectivity index (χ0v) is 51.5. The van der Waals surface area contributed by atoms with E-state index in [4.69, 9.17) is 59.0 Å². The fourth-order valence-corrected chi connectivity index (χ4v) is 14.2. The number of hydrogen-bond donors (Lipinski definition) is 7. The smallest absolute Gasteiger partial charge is 0.308 e. The van der Waals surface area contributed by atoms with Gasteiger partial charge in [-0.2, -0.15) is 0 Å². The number of carbonyl (C=O) groups is 4. The number of fused-ring (bicyclic) bond motifs is 8. The van der Waals surface area contributed by atoms with Crippen molar-refractivity contribution in [2.24, 2.45) is 23.7 Å². The molecule has 85 heavy (non-hydrogen) atoms. The van der Waals surface area contributed by atoms with Gasteiger partial charge in [-0.05, 0) is 51.5 Å². The highest BCUT2D eigenvalue weighted by atomic mass is 35.5. The Balaban J connectivity index is 1.22. The summed E-state index contributed by atoms with van der Waals surface area (Å²) in [7, 11) is 1.57. The Morgan fingerprint density at radius 2 is 1.47 bits per heavy atom. The van der Waals surface area contributed by atoms with Crippen LogP contribution in [0.25, 0.3) is 0 Å². The molecule has 6 saturated heterocycles. The van der Waals surface area contributed by atoms with Crippen molar-refractivity contribution in [3.63, 3.8) is 0 Å². The van der Waals surface area contributed by atoms with Gasteiger partial charge in [-0.15, -0.1) is 0 Å². The summed E-state index contributed by atoms with van der Waals surface area (Å²) >= 11 is 5.89. The van der Waals surface area contributed by atoms with Gasteiger partial charge in [0.05, 0.1) is 85.1 Å². The van der Waals surface area contributed by atoms with Crippen molar-refractivity contribution in [3.8, 4) is 0 Å². The van der Waals surface area contributed by atoms with Gasteiger partial charge < -0.3 is 83.1 Å². The molecule has 2 spiro atoms. The fourth-order valence-electron chi connectivity index (χ4n) is 14.1. The SMILES string of the molecule is C=C(Cl)C=CC(O)CC(=C)C[C@H]1O[C@@H]2[C@H](C)[C@@H](OC(=O)C[C@H]3C[C@H](OC(C)=O)C[C@@]4(C[C@@](C)(O)C[C@H](CC(=C)C(C)[C@H](OC(C)=O)[C@H](C)C(=O)C[C@@H]5C[C@H](OC)C[C@@]6(C[C@@H](O)C[C@H](C=CCCC[C@H]7O[C@](O)(C[C@H](O)[C@H]7C)[C@H]2O)O6)O5)O4)O3)[C@@H]1O. The van der Waals surface area contributed by atoms with E-state index in [-0.39, 0.29) is 81.1 Å². The van der Waals surface area contributed by atoms with Gasteiger partial charge in [-0.3, -0.25) is 19.2 Å². The van der Waals surface area contributed by atoms with Crippen LogP contribution in [0.1, 0.15) is 158 Å². The second kappa shape index (κ2) is 29.0. The van der Waals surface area contributed by atoms with Crippen molar-refractivity contribution < 1.29 is 102 Å². The average molecular weight is 1220 g/mol. The summed E-state index contributed by atoms with van der Waals surface area (Å²) in [5.41, 5.74) is -0.508. The molecule has 7 N–H and O–H groups in total. The number of rotatable bonds is 9. The molecule has 0 saturated carbocycles. The van der Waals surface area contributed by atoms with E-state index in [2.05, 4.69) is 19.7 Å². The van der Waals surface area contributed by atoms with Gasteiger partial charge in [-0.25, -0.2) is 0 Å². The third-order valence-electron chi connectivity index (χ3n) is 18.3. The summed E-state index contributed by atoms with van der Waals surface area (Å²) in [4.78, 5) is 54.3. The predicted octanol–water partition coefficient (Wildman–Crippen LogP) is 5.91. The second-order valence-corrected chi connectivity index (χ2v) is 26.4. The van der Waals surface area contributed by atoms with E-state index in [1.165, 1.54) is 26.0 Å². The largest absolute Gasteiger partial charge is 0.462 e.